The summed E-state index contributed by atoms with van der Waals surface area (Å²) in [4.78, 5) is 30.1. The van der Waals surface area contributed by atoms with Gasteiger partial charge in [-0.15, -0.1) is 0 Å². The first-order chi connectivity index (χ1) is 9.16. The number of hydrogen-bond donors (Lipinski definition) is 3. The van der Waals surface area contributed by atoms with Crippen LogP contribution in [0.3, 0.4) is 0 Å². The third kappa shape index (κ3) is 3.39. The van der Waals surface area contributed by atoms with Gasteiger partial charge >= 0.3 is 12.0 Å². The third-order valence-corrected chi connectivity index (χ3v) is 2.29. The number of fused-ring (bicyclic) bond motifs is 1. The van der Waals surface area contributed by atoms with Gasteiger partial charge in [-0.05, 0) is 12.1 Å². The number of hydroxylamine groups is 1. The molecule has 98 valence electrons. The maximum atomic E-state index is 11.5. The highest BCUT2D eigenvalue weighted by atomic mass is 16.7. The molecule has 0 spiro atoms. The predicted molar refractivity (Wildman–Crippen MR) is 67.5 cm³/mol. The van der Waals surface area contributed by atoms with E-state index in [0.29, 0.717) is 5.69 Å². The molecule has 3 N–H and O–H groups in total. The van der Waals surface area contributed by atoms with Gasteiger partial charge in [-0.1, -0.05) is 12.1 Å². The Morgan fingerprint density at radius 1 is 1.32 bits per heavy atom. The van der Waals surface area contributed by atoms with E-state index in [1.165, 1.54) is 0 Å². The van der Waals surface area contributed by atoms with E-state index < -0.39 is 18.6 Å². The smallest absolute Gasteiger partial charge is 0.343 e. The molecule has 1 heterocycles. The van der Waals surface area contributed by atoms with Crippen molar-refractivity contribution in [1.29, 1.82) is 0 Å². The molecule has 0 fully saturated rings. The summed E-state index contributed by atoms with van der Waals surface area (Å²) in [6, 6.07) is 6.48. The van der Waals surface area contributed by atoms with E-state index in [2.05, 4.69) is 15.1 Å². The molecule has 0 unspecified atom stereocenters. The molecule has 2 rings (SSSR count). The van der Waals surface area contributed by atoms with Crippen molar-refractivity contribution in [3.63, 3.8) is 0 Å². The van der Waals surface area contributed by atoms with Gasteiger partial charge in [0.2, 0.25) is 0 Å². The van der Waals surface area contributed by atoms with Gasteiger partial charge in [0.1, 0.15) is 0 Å². The first-order valence-electron chi connectivity index (χ1n) is 5.40. The number of pyridine rings is 1. The number of rotatable bonds is 4. The first-order valence-corrected chi connectivity index (χ1v) is 5.40. The Balaban J connectivity index is 2.05. The number of carboxylic acid groups (broad SMARTS) is 1. The van der Waals surface area contributed by atoms with Gasteiger partial charge in [0, 0.05) is 23.2 Å². The molecule has 1 aromatic heterocycles. The Labute approximate surface area is 108 Å². The molecule has 19 heavy (non-hydrogen) atoms. The SMILES string of the molecule is O=C(O)CONC(=O)Nc1cccc2cnccc12. The highest BCUT2D eigenvalue weighted by Gasteiger charge is 2.06. The molecular weight excluding hydrogens is 250 g/mol. The van der Waals surface area contributed by atoms with E-state index in [0.717, 1.165) is 10.8 Å². The van der Waals surface area contributed by atoms with Crippen LogP contribution in [0.5, 0.6) is 0 Å². The number of carbonyl (C=O) groups is 2. The van der Waals surface area contributed by atoms with Gasteiger partial charge in [-0.2, -0.15) is 0 Å². The molecule has 1 aromatic carbocycles. The number of aromatic nitrogens is 1. The van der Waals surface area contributed by atoms with Crippen LogP contribution >= 0.6 is 0 Å². The Kier molecular flexibility index (Phi) is 3.89. The summed E-state index contributed by atoms with van der Waals surface area (Å²) in [5.41, 5.74) is 2.56. The van der Waals surface area contributed by atoms with E-state index in [-0.39, 0.29) is 0 Å². The molecule has 7 heteroatoms. The Hall–Kier alpha value is -2.67. The molecule has 0 radical (unpaired) electrons. The van der Waals surface area contributed by atoms with Crippen molar-refractivity contribution in [2.75, 3.05) is 11.9 Å². The molecular formula is C12H11N3O4. The summed E-state index contributed by atoms with van der Waals surface area (Å²) in [6.45, 7) is -0.604. The molecule has 0 atom stereocenters. The van der Waals surface area contributed by atoms with Crippen LogP contribution in [0.4, 0.5) is 10.5 Å². The second-order valence-electron chi connectivity index (χ2n) is 3.64. The number of carbonyl (C=O) groups excluding carboxylic acids is 1. The van der Waals surface area contributed by atoms with Gasteiger partial charge < -0.3 is 10.4 Å². The van der Waals surface area contributed by atoms with Gasteiger partial charge in [0.25, 0.3) is 0 Å². The lowest BCUT2D eigenvalue weighted by molar-refractivity contribution is -0.143. The number of urea groups is 1. The number of benzene rings is 1. The van der Waals surface area contributed by atoms with Gasteiger partial charge in [-0.25, -0.2) is 15.1 Å². The topological polar surface area (TPSA) is 101 Å². The average Bonchev–Trinajstić information content (AvgIpc) is 2.39. The van der Waals surface area contributed by atoms with E-state index in [9.17, 15) is 9.59 Å². The zero-order valence-corrected chi connectivity index (χ0v) is 9.79. The summed E-state index contributed by atoms with van der Waals surface area (Å²) in [5.74, 6) is -1.17. The fraction of sp³-hybridized carbons (Fsp3) is 0.0833. The largest absolute Gasteiger partial charge is 0.479 e. The standard InChI is InChI=1S/C12H11N3O4/c16-11(17)7-19-15-12(18)14-10-3-1-2-8-6-13-5-4-9(8)10/h1-6H,7H2,(H,16,17)(H2,14,15,18). The summed E-state index contributed by atoms with van der Waals surface area (Å²) < 4.78 is 0. The molecule has 0 saturated heterocycles. The Morgan fingerprint density at radius 3 is 2.95 bits per heavy atom. The van der Waals surface area contributed by atoms with Crippen molar-refractivity contribution in [3.8, 4) is 0 Å². The van der Waals surface area contributed by atoms with Gasteiger partial charge in [0.15, 0.2) is 6.61 Å². The second kappa shape index (κ2) is 5.78. The fourth-order valence-corrected chi connectivity index (χ4v) is 1.54. The average molecular weight is 261 g/mol. The molecule has 0 aliphatic carbocycles. The first kappa shape index (κ1) is 12.8. The van der Waals surface area contributed by atoms with Crippen LogP contribution in [-0.2, 0) is 9.63 Å². The Bertz CT molecular complexity index is 609. The molecule has 2 amide bonds. The Morgan fingerprint density at radius 2 is 2.16 bits per heavy atom. The lowest BCUT2D eigenvalue weighted by Crippen LogP contribution is -2.30. The van der Waals surface area contributed by atoms with Crippen molar-refractivity contribution >= 4 is 28.5 Å². The van der Waals surface area contributed by atoms with E-state index in [1.807, 2.05) is 11.5 Å². The minimum absolute atomic E-state index is 0.580. The fourth-order valence-electron chi connectivity index (χ4n) is 1.54. The zero-order chi connectivity index (χ0) is 13.7. The van der Waals surface area contributed by atoms with Crippen molar-refractivity contribution in [3.05, 3.63) is 36.7 Å². The predicted octanol–water partition coefficient (Wildman–Crippen LogP) is 1.37. The van der Waals surface area contributed by atoms with Gasteiger partial charge in [0.05, 0.1) is 5.69 Å². The second-order valence-corrected chi connectivity index (χ2v) is 3.64. The highest BCUT2D eigenvalue weighted by Crippen LogP contribution is 2.21. The summed E-state index contributed by atoms with van der Waals surface area (Å²) in [6.07, 6.45) is 3.30. The molecule has 7 nitrogen and oxygen atoms in total. The van der Waals surface area contributed by atoms with E-state index in [4.69, 9.17) is 5.11 Å². The number of carboxylic acids is 1. The number of nitrogens with zero attached hydrogens (tertiary/aromatic N) is 1. The lowest BCUT2D eigenvalue weighted by atomic mass is 10.1. The van der Waals surface area contributed by atoms with Crippen LogP contribution in [0.1, 0.15) is 0 Å². The van der Waals surface area contributed by atoms with E-state index in [1.54, 1.807) is 30.6 Å². The van der Waals surface area contributed by atoms with Crippen molar-refractivity contribution < 1.29 is 19.5 Å². The summed E-state index contributed by atoms with van der Waals surface area (Å²) in [7, 11) is 0. The number of nitrogens with one attached hydrogen (secondary N) is 2. The normalized spacial score (nSPS) is 10.1. The molecule has 0 aliphatic heterocycles. The zero-order valence-electron chi connectivity index (χ0n) is 9.79. The third-order valence-electron chi connectivity index (χ3n) is 2.29. The van der Waals surface area contributed by atoms with Crippen LogP contribution in [0.25, 0.3) is 10.8 Å². The van der Waals surface area contributed by atoms with Crippen molar-refractivity contribution in [1.82, 2.24) is 10.5 Å². The molecule has 2 aromatic rings. The van der Waals surface area contributed by atoms with Crippen LogP contribution < -0.4 is 10.8 Å². The summed E-state index contributed by atoms with van der Waals surface area (Å²) in [5, 5.41) is 12.6. The van der Waals surface area contributed by atoms with Gasteiger partial charge in [-0.3, -0.25) is 9.82 Å². The number of anilines is 1. The van der Waals surface area contributed by atoms with Crippen LogP contribution in [-0.4, -0.2) is 28.7 Å². The molecule has 0 saturated carbocycles. The minimum atomic E-state index is -1.17. The van der Waals surface area contributed by atoms with Crippen LogP contribution in [0.2, 0.25) is 0 Å². The quantitative estimate of drug-likeness (QED) is 0.722. The van der Waals surface area contributed by atoms with Crippen LogP contribution in [0.15, 0.2) is 36.7 Å². The number of amides is 2. The summed E-state index contributed by atoms with van der Waals surface area (Å²) >= 11 is 0. The van der Waals surface area contributed by atoms with Crippen LogP contribution in [0, 0.1) is 0 Å². The minimum Gasteiger partial charge on any atom is -0.479 e. The maximum Gasteiger partial charge on any atom is 0.343 e. The van der Waals surface area contributed by atoms with E-state index >= 15 is 0 Å². The lowest BCUT2D eigenvalue weighted by Gasteiger charge is -2.09. The maximum absolute atomic E-state index is 11.5. The number of aliphatic carboxylic acids is 1. The highest BCUT2D eigenvalue weighted by molar-refractivity contribution is 6.00. The molecule has 0 aliphatic rings. The number of hydrogen-bond acceptors (Lipinski definition) is 4. The molecule has 0 bridgehead atoms. The monoisotopic (exact) mass is 261 g/mol. The van der Waals surface area contributed by atoms with Crippen molar-refractivity contribution in [2.24, 2.45) is 0 Å². The van der Waals surface area contributed by atoms with Crippen molar-refractivity contribution in [2.45, 2.75) is 0 Å².